The smallest absolute Gasteiger partial charge is 0.220 e. The minimum atomic E-state index is 0.0648. The number of hydrogen-bond acceptors (Lipinski definition) is 5. The minimum Gasteiger partial charge on any atom is -0.497 e. The first-order chi connectivity index (χ1) is 13.5. The monoisotopic (exact) mass is 389 g/mol. The second-order valence-corrected chi connectivity index (χ2v) is 8.28. The van der Waals surface area contributed by atoms with Crippen LogP contribution in [0.3, 0.4) is 0 Å². The van der Waals surface area contributed by atoms with Crippen LogP contribution in [0.1, 0.15) is 37.7 Å². The first-order valence-corrected chi connectivity index (χ1v) is 10.4. The summed E-state index contributed by atoms with van der Waals surface area (Å²) in [7, 11) is 3.84. The zero-order chi connectivity index (χ0) is 20.0. The number of likely N-dealkylation sites (tertiary alicyclic amines) is 1. The van der Waals surface area contributed by atoms with Crippen molar-refractivity contribution in [2.45, 2.75) is 37.6 Å². The van der Waals surface area contributed by atoms with Gasteiger partial charge in [0.25, 0.3) is 0 Å². The highest BCUT2D eigenvalue weighted by atomic mass is 16.5. The summed E-state index contributed by atoms with van der Waals surface area (Å²) in [6.45, 7) is 8.50. The van der Waals surface area contributed by atoms with Crippen molar-refractivity contribution < 1.29 is 14.3 Å². The number of nitrogens with zero attached hydrogens (tertiary/aromatic N) is 2. The molecule has 28 heavy (non-hydrogen) atoms. The van der Waals surface area contributed by atoms with Gasteiger partial charge >= 0.3 is 0 Å². The van der Waals surface area contributed by atoms with Crippen LogP contribution in [0.4, 0.5) is 0 Å². The molecular weight excluding hydrogens is 354 g/mol. The summed E-state index contributed by atoms with van der Waals surface area (Å²) in [4.78, 5) is 17.6. The van der Waals surface area contributed by atoms with Gasteiger partial charge in [-0.25, -0.2) is 0 Å². The quantitative estimate of drug-likeness (QED) is 0.774. The normalized spacial score (nSPS) is 21.8. The summed E-state index contributed by atoms with van der Waals surface area (Å²) in [5, 5.41) is 3.26. The largest absolute Gasteiger partial charge is 0.497 e. The summed E-state index contributed by atoms with van der Waals surface area (Å²) >= 11 is 0. The SMILES string of the molecule is COc1ccc(C(C)CC(=O)NCC2(N3CCOCC3)CCN(C)CC2)cc1. The fraction of sp³-hybridized carbons (Fsp3) is 0.682. The molecule has 2 saturated heterocycles. The number of rotatable bonds is 7. The summed E-state index contributed by atoms with van der Waals surface area (Å²) in [6, 6.07) is 8.00. The van der Waals surface area contributed by atoms with E-state index in [1.54, 1.807) is 7.11 Å². The van der Waals surface area contributed by atoms with Gasteiger partial charge < -0.3 is 19.7 Å². The van der Waals surface area contributed by atoms with E-state index in [9.17, 15) is 4.79 Å². The Kier molecular flexibility index (Phi) is 7.32. The molecule has 0 bridgehead atoms. The maximum atomic E-state index is 12.7. The van der Waals surface area contributed by atoms with Gasteiger partial charge in [0.15, 0.2) is 0 Å². The third-order valence-electron chi connectivity index (χ3n) is 6.39. The molecule has 1 amide bonds. The first kappa shape index (κ1) is 21.1. The van der Waals surface area contributed by atoms with Crippen molar-refractivity contribution in [3.8, 4) is 5.75 Å². The predicted molar refractivity (Wildman–Crippen MR) is 111 cm³/mol. The van der Waals surface area contributed by atoms with Crippen molar-refractivity contribution in [1.29, 1.82) is 0 Å². The van der Waals surface area contributed by atoms with Crippen LogP contribution < -0.4 is 10.1 Å². The van der Waals surface area contributed by atoms with Gasteiger partial charge in [-0.15, -0.1) is 0 Å². The van der Waals surface area contributed by atoms with E-state index in [0.717, 1.165) is 70.1 Å². The molecule has 1 aromatic rings. The van der Waals surface area contributed by atoms with Crippen molar-refractivity contribution >= 4 is 5.91 Å². The molecule has 2 aliphatic rings. The third kappa shape index (κ3) is 5.25. The number of carbonyl (C=O) groups excluding carboxylic acids is 1. The lowest BCUT2D eigenvalue weighted by molar-refractivity contribution is -0.122. The third-order valence-corrected chi connectivity index (χ3v) is 6.39. The van der Waals surface area contributed by atoms with Gasteiger partial charge in [-0.2, -0.15) is 0 Å². The zero-order valence-corrected chi connectivity index (χ0v) is 17.6. The average Bonchev–Trinajstić information content (AvgIpc) is 2.74. The van der Waals surface area contributed by atoms with E-state index in [1.165, 1.54) is 0 Å². The van der Waals surface area contributed by atoms with E-state index >= 15 is 0 Å². The Labute approximate surface area is 169 Å². The minimum absolute atomic E-state index is 0.0648. The molecule has 2 fully saturated rings. The van der Waals surface area contributed by atoms with Gasteiger partial charge in [-0.3, -0.25) is 9.69 Å². The molecule has 6 nitrogen and oxygen atoms in total. The lowest BCUT2D eigenvalue weighted by Gasteiger charge is -2.49. The lowest BCUT2D eigenvalue weighted by atomic mass is 9.85. The van der Waals surface area contributed by atoms with E-state index in [2.05, 4.69) is 29.1 Å². The maximum Gasteiger partial charge on any atom is 0.220 e. The van der Waals surface area contributed by atoms with Gasteiger partial charge in [0.1, 0.15) is 5.75 Å². The molecule has 0 aromatic heterocycles. The molecule has 1 N–H and O–H groups in total. The Morgan fingerprint density at radius 3 is 2.43 bits per heavy atom. The van der Waals surface area contributed by atoms with Crippen LogP contribution in [0.15, 0.2) is 24.3 Å². The number of amides is 1. The Morgan fingerprint density at radius 1 is 1.18 bits per heavy atom. The van der Waals surface area contributed by atoms with Crippen molar-refractivity contribution in [3.63, 3.8) is 0 Å². The zero-order valence-electron chi connectivity index (χ0n) is 17.6. The molecule has 0 aliphatic carbocycles. The van der Waals surface area contributed by atoms with E-state index in [4.69, 9.17) is 9.47 Å². The number of benzene rings is 1. The van der Waals surface area contributed by atoms with Crippen LogP contribution in [-0.2, 0) is 9.53 Å². The molecule has 1 aromatic carbocycles. The topological polar surface area (TPSA) is 54.0 Å². The van der Waals surface area contributed by atoms with Crippen LogP contribution in [0, 0.1) is 0 Å². The molecule has 1 unspecified atom stereocenters. The Balaban J connectivity index is 1.56. The highest BCUT2D eigenvalue weighted by Gasteiger charge is 2.40. The highest BCUT2D eigenvalue weighted by Crippen LogP contribution is 2.29. The maximum absolute atomic E-state index is 12.7. The molecule has 0 radical (unpaired) electrons. The number of hydrogen-bond donors (Lipinski definition) is 1. The van der Waals surface area contributed by atoms with E-state index in [0.29, 0.717) is 6.42 Å². The first-order valence-electron chi connectivity index (χ1n) is 10.4. The van der Waals surface area contributed by atoms with Gasteiger partial charge in [0.05, 0.1) is 20.3 Å². The molecule has 3 rings (SSSR count). The molecule has 2 heterocycles. The van der Waals surface area contributed by atoms with Crippen molar-refractivity contribution in [2.24, 2.45) is 0 Å². The Hall–Kier alpha value is -1.63. The van der Waals surface area contributed by atoms with Crippen LogP contribution in [0.2, 0.25) is 0 Å². The van der Waals surface area contributed by atoms with E-state index < -0.39 is 0 Å². The fourth-order valence-electron chi connectivity index (χ4n) is 4.34. The average molecular weight is 390 g/mol. The number of piperidine rings is 1. The van der Waals surface area contributed by atoms with Gasteiger partial charge in [-0.1, -0.05) is 19.1 Å². The number of nitrogens with one attached hydrogen (secondary N) is 1. The molecule has 0 spiro atoms. The summed E-state index contributed by atoms with van der Waals surface area (Å²) in [5.74, 6) is 1.16. The Morgan fingerprint density at radius 2 is 1.82 bits per heavy atom. The summed E-state index contributed by atoms with van der Waals surface area (Å²) < 4.78 is 10.8. The van der Waals surface area contributed by atoms with Gasteiger partial charge in [0, 0.05) is 31.6 Å². The molecular formula is C22H35N3O3. The van der Waals surface area contributed by atoms with Crippen molar-refractivity contribution in [2.75, 3.05) is 60.1 Å². The van der Waals surface area contributed by atoms with Crippen LogP contribution in [-0.4, -0.2) is 81.3 Å². The van der Waals surface area contributed by atoms with Crippen LogP contribution in [0.25, 0.3) is 0 Å². The number of ether oxygens (including phenoxy) is 2. The van der Waals surface area contributed by atoms with E-state index in [1.807, 2.05) is 24.3 Å². The fourth-order valence-corrected chi connectivity index (χ4v) is 4.34. The van der Waals surface area contributed by atoms with E-state index in [-0.39, 0.29) is 17.4 Å². The predicted octanol–water partition coefficient (Wildman–Crippen LogP) is 2.10. The van der Waals surface area contributed by atoms with Gasteiger partial charge in [0.2, 0.25) is 5.91 Å². The van der Waals surface area contributed by atoms with Crippen LogP contribution >= 0.6 is 0 Å². The highest BCUT2D eigenvalue weighted by molar-refractivity contribution is 5.77. The molecule has 0 saturated carbocycles. The lowest BCUT2D eigenvalue weighted by Crippen LogP contribution is -2.62. The Bertz CT molecular complexity index is 620. The van der Waals surface area contributed by atoms with Crippen molar-refractivity contribution in [3.05, 3.63) is 29.8 Å². The molecule has 2 aliphatic heterocycles. The molecule has 156 valence electrons. The standard InChI is InChI=1S/C22H35N3O3/c1-18(19-4-6-20(27-3)7-5-19)16-21(26)23-17-22(8-10-24(2)11-9-22)25-12-14-28-15-13-25/h4-7,18H,8-17H2,1-3H3,(H,23,26). The van der Waals surface area contributed by atoms with Gasteiger partial charge in [-0.05, 0) is 56.6 Å². The van der Waals surface area contributed by atoms with Crippen LogP contribution in [0.5, 0.6) is 5.75 Å². The number of methoxy groups -OCH3 is 1. The molecule has 1 atom stereocenters. The summed E-state index contributed by atoms with van der Waals surface area (Å²) in [5.41, 5.74) is 1.23. The second kappa shape index (κ2) is 9.72. The second-order valence-electron chi connectivity index (χ2n) is 8.28. The number of morpholine rings is 1. The van der Waals surface area contributed by atoms with Crippen molar-refractivity contribution in [1.82, 2.24) is 15.1 Å². The molecule has 6 heteroatoms. The summed E-state index contributed by atoms with van der Waals surface area (Å²) in [6.07, 6.45) is 2.70. The number of carbonyl (C=O) groups is 1.